The minimum atomic E-state index is -4.41. The number of ether oxygens (including phenoxy) is 1. The Labute approximate surface area is 153 Å². The fourth-order valence-corrected chi connectivity index (χ4v) is 2.18. The number of carbonyl (C=O) groups excluding carboxylic acids is 2. The third-order valence-corrected chi connectivity index (χ3v) is 3.46. The molecule has 2 rings (SSSR count). The number of nitrogens with one attached hydrogen (secondary N) is 2. The Balaban J connectivity index is 2.12. The summed E-state index contributed by atoms with van der Waals surface area (Å²) in [5.74, 6) is -0.350. The molecule has 2 N–H and O–H groups in total. The lowest BCUT2D eigenvalue weighted by Crippen LogP contribution is -2.13. The van der Waals surface area contributed by atoms with E-state index in [1.54, 1.807) is 12.1 Å². The maximum absolute atomic E-state index is 12.5. The van der Waals surface area contributed by atoms with E-state index in [0.717, 1.165) is 12.1 Å². The smallest absolute Gasteiger partial charge is 0.416 e. The van der Waals surface area contributed by atoms with E-state index in [-0.39, 0.29) is 5.91 Å². The third-order valence-electron chi connectivity index (χ3n) is 3.46. The molecule has 27 heavy (non-hydrogen) atoms. The lowest BCUT2D eigenvalue weighted by atomic mass is 10.1. The van der Waals surface area contributed by atoms with E-state index in [2.05, 4.69) is 10.6 Å². The highest BCUT2D eigenvalue weighted by molar-refractivity contribution is 6.05. The van der Waals surface area contributed by atoms with Crippen LogP contribution in [0.15, 0.2) is 48.5 Å². The average Bonchev–Trinajstić information content (AvgIpc) is 2.60. The van der Waals surface area contributed by atoms with Crippen LogP contribution in [0.2, 0.25) is 0 Å². The average molecular weight is 378 g/mol. The first-order valence-electron chi connectivity index (χ1n) is 7.81. The summed E-state index contributed by atoms with van der Waals surface area (Å²) in [6.07, 6.45) is -1.85. The second kappa shape index (κ2) is 8.39. The summed E-state index contributed by atoms with van der Waals surface area (Å²) >= 11 is 0. The van der Waals surface area contributed by atoms with Crippen LogP contribution in [0.5, 0.6) is 5.75 Å². The molecule has 142 valence electrons. The summed E-state index contributed by atoms with van der Waals surface area (Å²) in [5.41, 5.74) is 0.387. The molecule has 2 amide bonds. The monoisotopic (exact) mass is 378 g/mol. The molecule has 0 aliphatic rings. The third kappa shape index (κ3) is 5.88. The molecular weight excluding hydrogens is 361 g/mol. The molecule has 8 heteroatoms. The Morgan fingerprint density at radius 2 is 1.67 bits per heavy atom. The molecule has 0 radical (unpaired) electrons. The van der Waals surface area contributed by atoms with Gasteiger partial charge in [0.2, 0.25) is 11.8 Å². The van der Waals surface area contributed by atoms with Gasteiger partial charge in [-0.3, -0.25) is 9.59 Å². The normalized spacial score (nSPS) is 11.3. The van der Waals surface area contributed by atoms with Gasteiger partial charge in [0.15, 0.2) is 0 Å². The van der Waals surface area contributed by atoms with Crippen molar-refractivity contribution < 1.29 is 27.5 Å². The van der Waals surface area contributed by atoms with Crippen molar-refractivity contribution in [3.05, 3.63) is 59.7 Å². The van der Waals surface area contributed by atoms with Gasteiger partial charge in [-0.15, -0.1) is 0 Å². The summed E-state index contributed by atoms with van der Waals surface area (Å²) in [5, 5.41) is 5.18. The fourth-order valence-electron chi connectivity index (χ4n) is 2.18. The van der Waals surface area contributed by atoms with E-state index in [1.165, 1.54) is 44.4 Å². The van der Waals surface area contributed by atoms with Crippen LogP contribution < -0.4 is 15.4 Å². The van der Waals surface area contributed by atoms with E-state index in [1.807, 2.05) is 0 Å². The first-order chi connectivity index (χ1) is 12.7. The Morgan fingerprint density at radius 3 is 2.22 bits per heavy atom. The first kappa shape index (κ1) is 20.0. The summed E-state index contributed by atoms with van der Waals surface area (Å²) in [7, 11) is 1.46. The van der Waals surface area contributed by atoms with Crippen molar-refractivity contribution in [1.29, 1.82) is 0 Å². The number of anilines is 2. The van der Waals surface area contributed by atoms with Gasteiger partial charge in [-0.05, 0) is 35.9 Å². The van der Waals surface area contributed by atoms with Crippen molar-refractivity contribution in [1.82, 2.24) is 0 Å². The molecule has 0 bridgehead atoms. The molecule has 2 aromatic carbocycles. The molecule has 0 saturated carbocycles. The van der Waals surface area contributed by atoms with Gasteiger partial charge < -0.3 is 15.4 Å². The molecule has 0 aliphatic carbocycles. The van der Waals surface area contributed by atoms with E-state index in [9.17, 15) is 22.8 Å². The molecule has 0 fully saturated rings. The molecule has 0 unspecified atom stereocenters. The van der Waals surface area contributed by atoms with Crippen molar-refractivity contribution in [3.63, 3.8) is 0 Å². The van der Waals surface area contributed by atoms with Crippen LogP contribution in [0.25, 0.3) is 6.08 Å². The summed E-state index contributed by atoms with van der Waals surface area (Å²) < 4.78 is 42.7. The van der Waals surface area contributed by atoms with E-state index in [4.69, 9.17) is 4.74 Å². The zero-order chi connectivity index (χ0) is 20.0. The topological polar surface area (TPSA) is 67.4 Å². The minimum absolute atomic E-state index is 0.309. The molecule has 0 saturated heterocycles. The molecule has 5 nitrogen and oxygen atoms in total. The van der Waals surface area contributed by atoms with Crippen molar-refractivity contribution in [2.24, 2.45) is 0 Å². The Hall–Kier alpha value is -3.29. The van der Waals surface area contributed by atoms with Gasteiger partial charge >= 0.3 is 6.18 Å². The maximum atomic E-state index is 12.5. The highest BCUT2D eigenvalue weighted by Gasteiger charge is 2.29. The number of alkyl halides is 3. The van der Waals surface area contributed by atoms with Crippen molar-refractivity contribution in [2.45, 2.75) is 13.1 Å². The zero-order valence-electron chi connectivity index (χ0n) is 14.6. The summed E-state index contributed by atoms with van der Waals surface area (Å²) in [4.78, 5) is 23.4. The Kier molecular flexibility index (Phi) is 6.23. The van der Waals surface area contributed by atoms with Crippen molar-refractivity contribution >= 4 is 29.3 Å². The predicted molar refractivity (Wildman–Crippen MR) is 96.4 cm³/mol. The quantitative estimate of drug-likeness (QED) is 0.762. The Bertz CT molecular complexity index is 859. The fraction of sp³-hybridized carbons (Fsp3) is 0.158. The number of methoxy groups -OCH3 is 1. The number of rotatable bonds is 5. The molecule has 2 aromatic rings. The molecular formula is C19H17F3N2O3. The van der Waals surface area contributed by atoms with E-state index >= 15 is 0 Å². The van der Waals surface area contributed by atoms with Gasteiger partial charge in [-0.2, -0.15) is 13.2 Å². The van der Waals surface area contributed by atoms with Gasteiger partial charge in [0.1, 0.15) is 5.75 Å². The van der Waals surface area contributed by atoms with Crippen LogP contribution in [-0.4, -0.2) is 18.9 Å². The van der Waals surface area contributed by atoms with Crippen molar-refractivity contribution in [3.8, 4) is 5.75 Å². The zero-order valence-corrected chi connectivity index (χ0v) is 14.6. The van der Waals surface area contributed by atoms with Crippen LogP contribution in [0, 0.1) is 0 Å². The van der Waals surface area contributed by atoms with Crippen LogP contribution in [0.1, 0.15) is 18.1 Å². The highest BCUT2D eigenvalue weighted by Crippen LogP contribution is 2.29. The highest BCUT2D eigenvalue weighted by atomic mass is 19.4. The van der Waals surface area contributed by atoms with Crippen LogP contribution in [-0.2, 0) is 15.8 Å². The van der Waals surface area contributed by atoms with Gasteiger partial charge in [-0.1, -0.05) is 12.1 Å². The molecule has 0 heterocycles. The summed E-state index contributed by atoms with van der Waals surface area (Å²) in [6, 6.07) is 9.15. The van der Waals surface area contributed by atoms with Crippen molar-refractivity contribution in [2.75, 3.05) is 17.7 Å². The number of benzene rings is 2. The van der Waals surface area contributed by atoms with Gasteiger partial charge in [-0.25, -0.2) is 0 Å². The Morgan fingerprint density at radius 1 is 1.00 bits per heavy atom. The molecule has 0 atom stereocenters. The first-order valence-corrected chi connectivity index (χ1v) is 7.81. The second-order valence-corrected chi connectivity index (χ2v) is 5.54. The second-order valence-electron chi connectivity index (χ2n) is 5.54. The van der Waals surface area contributed by atoms with Gasteiger partial charge in [0, 0.05) is 19.1 Å². The SMILES string of the molecule is COc1ccc(NC(C)=O)c(NC(=O)/C=C/c2ccc(C(F)(F)F)cc2)c1. The molecule has 0 spiro atoms. The van der Waals surface area contributed by atoms with Crippen LogP contribution >= 0.6 is 0 Å². The molecule has 0 aromatic heterocycles. The number of hydrogen-bond donors (Lipinski definition) is 2. The predicted octanol–water partition coefficient (Wildman–Crippen LogP) is 4.32. The maximum Gasteiger partial charge on any atom is 0.416 e. The number of halogens is 3. The standard InChI is InChI=1S/C19H17F3N2O3/c1-12(25)23-16-9-8-15(27-2)11-17(16)24-18(26)10-5-13-3-6-14(7-4-13)19(20,21)22/h3-11H,1-2H3,(H,23,25)(H,24,26)/b10-5+. The lowest BCUT2D eigenvalue weighted by molar-refractivity contribution is -0.137. The van der Waals surface area contributed by atoms with Gasteiger partial charge in [0.25, 0.3) is 0 Å². The summed E-state index contributed by atoms with van der Waals surface area (Å²) in [6.45, 7) is 1.33. The number of carbonyl (C=O) groups is 2. The van der Waals surface area contributed by atoms with E-state index < -0.39 is 17.6 Å². The minimum Gasteiger partial charge on any atom is -0.497 e. The lowest BCUT2D eigenvalue weighted by Gasteiger charge is -2.12. The number of hydrogen-bond acceptors (Lipinski definition) is 3. The van der Waals surface area contributed by atoms with Gasteiger partial charge in [0.05, 0.1) is 24.0 Å². The van der Waals surface area contributed by atoms with Crippen LogP contribution in [0.4, 0.5) is 24.5 Å². The largest absolute Gasteiger partial charge is 0.497 e. The number of amides is 2. The van der Waals surface area contributed by atoms with Crippen LogP contribution in [0.3, 0.4) is 0 Å². The van der Waals surface area contributed by atoms with E-state index in [0.29, 0.717) is 22.7 Å². The molecule has 0 aliphatic heterocycles.